The number of aromatic nitrogens is 1. The number of aliphatic hydroxyl groups is 1. The number of benzene rings is 3. The molecule has 0 fully saturated rings. The molecular weight excluding hydrogens is 598 g/mol. The molecule has 1 aromatic heterocycles. The summed E-state index contributed by atoms with van der Waals surface area (Å²) < 4.78 is 23.8. The van der Waals surface area contributed by atoms with Crippen LogP contribution in [0.3, 0.4) is 0 Å². The summed E-state index contributed by atoms with van der Waals surface area (Å²) in [6.07, 6.45) is 3.05. The molecule has 1 aliphatic heterocycles. The molecule has 0 saturated carbocycles. The van der Waals surface area contributed by atoms with Gasteiger partial charge >= 0.3 is 5.97 Å². The number of halogens is 1. The van der Waals surface area contributed by atoms with E-state index in [0.29, 0.717) is 52.2 Å². The first-order valence-electron chi connectivity index (χ1n) is 14.2. The molecule has 0 spiro atoms. The zero-order chi connectivity index (χ0) is 32.0. The molecule has 1 atom stereocenters. The number of pyridine rings is 1. The Hall–Kier alpha value is -4.82. The van der Waals surface area contributed by atoms with Gasteiger partial charge in [0.25, 0.3) is 0 Å². The number of nitrogens with zero attached hydrogens (tertiary/aromatic N) is 2. The molecule has 2 heterocycles. The summed E-state index contributed by atoms with van der Waals surface area (Å²) in [6, 6.07) is 18.9. The van der Waals surface area contributed by atoms with Crippen molar-refractivity contribution < 1.29 is 34.0 Å². The number of hydrogen-bond acceptors (Lipinski definition) is 9. The number of rotatable bonds is 12. The Labute approximate surface area is 265 Å². The molecule has 11 heteroatoms. The fourth-order valence-electron chi connectivity index (χ4n) is 4.76. The van der Waals surface area contributed by atoms with Crippen LogP contribution in [0, 0.1) is 18.3 Å². The Morgan fingerprint density at radius 1 is 1.04 bits per heavy atom. The van der Waals surface area contributed by atoms with Gasteiger partial charge in [0.1, 0.15) is 49.5 Å². The maximum absolute atomic E-state index is 11.7. The van der Waals surface area contributed by atoms with E-state index in [1.165, 1.54) is 13.1 Å². The maximum Gasteiger partial charge on any atom is 0.326 e. The van der Waals surface area contributed by atoms with Crippen molar-refractivity contribution >= 4 is 17.6 Å². The van der Waals surface area contributed by atoms with Crippen LogP contribution in [0.15, 0.2) is 67.0 Å². The average Bonchev–Trinajstić information content (AvgIpc) is 3.06. The number of nitrogens with one attached hydrogen (secondary N) is 1. The van der Waals surface area contributed by atoms with E-state index < -0.39 is 18.1 Å². The molecule has 0 aliphatic carbocycles. The summed E-state index contributed by atoms with van der Waals surface area (Å²) in [5.41, 5.74) is 4.04. The minimum atomic E-state index is -1.58. The molecule has 3 aromatic carbocycles. The predicted molar refractivity (Wildman–Crippen MR) is 167 cm³/mol. The van der Waals surface area contributed by atoms with Gasteiger partial charge in [-0.3, -0.25) is 15.1 Å². The number of carboxylic acids is 1. The molecule has 10 nitrogen and oxygen atoms in total. The van der Waals surface area contributed by atoms with E-state index in [-0.39, 0.29) is 19.8 Å². The molecular formula is C34H32ClN3O7. The Morgan fingerprint density at radius 3 is 2.58 bits per heavy atom. The number of aliphatic carboxylic acids is 1. The number of hydrogen-bond donors (Lipinski definition) is 3. The zero-order valence-electron chi connectivity index (χ0n) is 24.8. The van der Waals surface area contributed by atoms with Crippen molar-refractivity contribution in [2.75, 3.05) is 19.8 Å². The molecule has 45 heavy (non-hydrogen) atoms. The van der Waals surface area contributed by atoms with Gasteiger partial charge in [-0.25, -0.2) is 0 Å². The molecule has 0 unspecified atom stereocenters. The standard InChI is InChI=1S/C34H32ClN3O7/c1-21-25(4-3-5-27(21)24-6-7-29-32(12-24)43-9-8-42-29)19-45-31-13-30(44-18-23-10-22(14-36)15-37-16-23)26(11-28(31)35)17-38-34(2,20-39)33(40)41/h3-7,10-13,15-16,38-39H,8-9,17-20H2,1-2H3,(H,40,41)/t34-/m0/s1. The van der Waals surface area contributed by atoms with Gasteiger partial charge in [0, 0.05) is 36.1 Å². The smallest absolute Gasteiger partial charge is 0.326 e. The van der Waals surface area contributed by atoms with Crippen molar-refractivity contribution in [2.45, 2.75) is 39.1 Å². The number of aliphatic hydroxyl groups excluding tert-OH is 1. The van der Waals surface area contributed by atoms with Gasteiger partial charge < -0.3 is 29.2 Å². The van der Waals surface area contributed by atoms with Crippen LogP contribution < -0.4 is 24.3 Å². The van der Waals surface area contributed by atoms with E-state index in [9.17, 15) is 20.3 Å². The lowest BCUT2D eigenvalue weighted by Gasteiger charge is -2.25. The quantitative estimate of drug-likeness (QED) is 0.185. The van der Waals surface area contributed by atoms with Crippen molar-refractivity contribution in [1.29, 1.82) is 5.26 Å². The van der Waals surface area contributed by atoms with Gasteiger partial charge in [-0.15, -0.1) is 0 Å². The van der Waals surface area contributed by atoms with Crippen LogP contribution in [-0.4, -0.2) is 46.5 Å². The normalized spacial score (nSPS) is 13.4. The molecule has 1 aliphatic rings. The van der Waals surface area contributed by atoms with E-state index >= 15 is 0 Å². The third-order valence-corrected chi connectivity index (χ3v) is 7.87. The summed E-state index contributed by atoms with van der Waals surface area (Å²) >= 11 is 6.66. The highest BCUT2D eigenvalue weighted by molar-refractivity contribution is 6.32. The lowest BCUT2D eigenvalue weighted by molar-refractivity contribution is -0.145. The molecule has 0 saturated heterocycles. The minimum Gasteiger partial charge on any atom is -0.488 e. The lowest BCUT2D eigenvalue weighted by Crippen LogP contribution is -2.52. The van der Waals surface area contributed by atoms with Gasteiger partial charge in [-0.1, -0.05) is 35.9 Å². The van der Waals surface area contributed by atoms with Crippen molar-refractivity contribution in [3.05, 3.63) is 99.8 Å². The largest absolute Gasteiger partial charge is 0.488 e. The number of fused-ring (bicyclic) bond motifs is 1. The highest BCUT2D eigenvalue weighted by Gasteiger charge is 2.32. The highest BCUT2D eigenvalue weighted by Crippen LogP contribution is 2.37. The van der Waals surface area contributed by atoms with E-state index in [1.54, 1.807) is 24.4 Å². The maximum atomic E-state index is 11.7. The number of ether oxygens (including phenoxy) is 4. The first kappa shape index (κ1) is 31.6. The van der Waals surface area contributed by atoms with Crippen LogP contribution in [0.4, 0.5) is 0 Å². The summed E-state index contributed by atoms with van der Waals surface area (Å²) in [4.78, 5) is 15.8. The summed E-state index contributed by atoms with van der Waals surface area (Å²) in [6.45, 7) is 4.17. The Morgan fingerprint density at radius 2 is 1.82 bits per heavy atom. The molecule has 0 bridgehead atoms. The summed E-state index contributed by atoms with van der Waals surface area (Å²) in [5.74, 6) is 0.993. The van der Waals surface area contributed by atoms with Crippen LogP contribution >= 0.6 is 11.6 Å². The third-order valence-electron chi connectivity index (χ3n) is 7.57. The van der Waals surface area contributed by atoms with Crippen molar-refractivity contribution in [3.8, 4) is 40.2 Å². The third kappa shape index (κ3) is 7.29. The zero-order valence-corrected chi connectivity index (χ0v) is 25.6. The van der Waals surface area contributed by atoms with Crippen LogP contribution in [0.25, 0.3) is 11.1 Å². The molecule has 3 N–H and O–H groups in total. The van der Waals surface area contributed by atoms with E-state index in [4.69, 9.17) is 30.5 Å². The first-order valence-corrected chi connectivity index (χ1v) is 14.6. The Balaban J connectivity index is 1.39. The van der Waals surface area contributed by atoms with Crippen molar-refractivity contribution in [2.24, 2.45) is 0 Å². The molecule has 0 amide bonds. The van der Waals surface area contributed by atoms with Crippen LogP contribution in [-0.2, 0) is 24.6 Å². The van der Waals surface area contributed by atoms with Gasteiger partial charge in [0.15, 0.2) is 11.5 Å². The Kier molecular flexibility index (Phi) is 9.74. The highest BCUT2D eigenvalue weighted by atomic mass is 35.5. The second-order valence-electron chi connectivity index (χ2n) is 10.8. The van der Waals surface area contributed by atoms with Crippen LogP contribution in [0.1, 0.15) is 34.7 Å². The number of carbonyl (C=O) groups is 1. The van der Waals surface area contributed by atoms with Gasteiger partial charge in [0.05, 0.1) is 17.2 Å². The van der Waals surface area contributed by atoms with Crippen molar-refractivity contribution in [3.63, 3.8) is 0 Å². The van der Waals surface area contributed by atoms with Crippen molar-refractivity contribution in [1.82, 2.24) is 10.3 Å². The first-order chi connectivity index (χ1) is 21.7. The van der Waals surface area contributed by atoms with Crippen LogP contribution in [0.2, 0.25) is 5.02 Å². The van der Waals surface area contributed by atoms with Gasteiger partial charge in [-0.2, -0.15) is 5.26 Å². The monoisotopic (exact) mass is 629 g/mol. The number of nitriles is 1. The van der Waals surface area contributed by atoms with E-state index in [2.05, 4.69) is 16.4 Å². The average molecular weight is 630 g/mol. The van der Waals surface area contributed by atoms with Gasteiger partial charge in [0.2, 0.25) is 0 Å². The van der Waals surface area contributed by atoms with E-state index in [0.717, 1.165) is 28.0 Å². The number of carboxylic acid groups (broad SMARTS) is 1. The molecule has 232 valence electrons. The second-order valence-corrected chi connectivity index (χ2v) is 11.2. The molecule has 0 radical (unpaired) electrons. The fourth-order valence-corrected chi connectivity index (χ4v) is 5.00. The summed E-state index contributed by atoms with van der Waals surface area (Å²) in [7, 11) is 0. The summed E-state index contributed by atoms with van der Waals surface area (Å²) in [5, 5.41) is 31.7. The molecule has 4 aromatic rings. The van der Waals surface area contributed by atoms with Crippen LogP contribution in [0.5, 0.6) is 23.0 Å². The SMILES string of the molecule is Cc1c(COc2cc(OCc3cncc(C#N)c3)c(CN[C@@](C)(CO)C(=O)O)cc2Cl)cccc1-c1ccc2c(c1)OCCO2. The minimum absolute atomic E-state index is 0.0336. The molecule has 5 rings (SSSR count). The fraction of sp³-hybridized carbons (Fsp3) is 0.265. The Bertz CT molecular complexity index is 1760. The van der Waals surface area contributed by atoms with E-state index in [1.807, 2.05) is 43.3 Å². The topological polar surface area (TPSA) is 143 Å². The lowest BCUT2D eigenvalue weighted by atomic mass is 9.96. The second kappa shape index (κ2) is 13.9. The van der Waals surface area contributed by atoms with Gasteiger partial charge in [-0.05, 0) is 60.4 Å². The predicted octanol–water partition coefficient (Wildman–Crippen LogP) is 5.44.